The zero-order chi connectivity index (χ0) is 24.3. The van der Waals surface area contributed by atoms with E-state index >= 15 is 0 Å². The van der Waals surface area contributed by atoms with E-state index in [0.717, 1.165) is 16.8 Å². The number of imidazole rings is 1. The third-order valence-corrected chi connectivity index (χ3v) is 5.18. The molecule has 0 aliphatic carbocycles. The van der Waals surface area contributed by atoms with Gasteiger partial charge < -0.3 is 10.1 Å². The van der Waals surface area contributed by atoms with Gasteiger partial charge in [-0.25, -0.2) is 4.98 Å². The number of carbonyl (C=O) groups is 1. The van der Waals surface area contributed by atoms with Crippen LogP contribution in [0, 0.1) is 13.8 Å². The van der Waals surface area contributed by atoms with Gasteiger partial charge in [-0.1, -0.05) is 53.6 Å². The summed E-state index contributed by atoms with van der Waals surface area (Å²) >= 11 is 0. The summed E-state index contributed by atoms with van der Waals surface area (Å²) in [7, 11) is 0. The molecule has 0 unspecified atom stereocenters. The fourth-order valence-corrected chi connectivity index (χ4v) is 3.71. The first kappa shape index (κ1) is 23.1. The highest BCUT2D eigenvalue weighted by Gasteiger charge is 2.30. The lowest BCUT2D eigenvalue weighted by atomic mass is 10.0. The normalized spacial score (nSPS) is 11.3. The number of benzene rings is 3. The highest BCUT2D eigenvalue weighted by atomic mass is 19.4. The molecule has 0 aliphatic heterocycles. The summed E-state index contributed by atoms with van der Waals surface area (Å²) in [5, 5.41) is 2.77. The van der Waals surface area contributed by atoms with E-state index in [1.807, 2.05) is 24.3 Å². The molecule has 0 saturated carbocycles. The molecule has 0 aliphatic rings. The summed E-state index contributed by atoms with van der Waals surface area (Å²) in [4.78, 5) is 16.8. The van der Waals surface area contributed by atoms with Crippen LogP contribution in [0.3, 0.4) is 0 Å². The second-order valence-corrected chi connectivity index (χ2v) is 7.95. The molecule has 1 amide bonds. The van der Waals surface area contributed by atoms with Crippen LogP contribution < -0.4 is 10.1 Å². The highest BCUT2D eigenvalue weighted by Crippen LogP contribution is 2.25. The summed E-state index contributed by atoms with van der Waals surface area (Å²) in [5.74, 6) is -0.670. The lowest BCUT2D eigenvalue weighted by Crippen LogP contribution is -2.25. The number of ether oxygens (including phenoxy) is 1. The number of aromatic nitrogens is 2. The Labute approximate surface area is 194 Å². The van der Waals surface area contributed by atoms with Crippen LogP contribution in [0.5, 0.6) is 5.75 Å². The van der Waals surface area contributed by atoms with E-state index in [0.29, 0.717) is 11.3 Å². The predicted molar refractivity (Wildman–Crippen MR) is 123 cm³/mol. The van der Waals surface area contributed by atoms with Gasteiger partial charge in [0.05, 0.1) is 12.5 Å². The van der Waals surface area contributed by atoms with Crippen molar-refractivity contribution in [3.63, 3.8) is 0 Å². The van der Waals surface area contributed by atoms with Crippen LogP contribution in [0.25, 0.3) is 16.8 Å². The standard InChI is InChI=1S/C26H22F3N3O2/c1-17-11-18(2)13-21(12-17)20-5-7-22(8-6-20)32-16-30-15-24(32)25(33)31-14-19-3-9-23(10-4-19)34-26(27,28)29/h3-13,15-16H,14H2,1-2H3,(H,31,33). The van der Waals surface area contributed by atoms with Gasteiger partial charge in [-0.3, -0.25) is 9.36 Å². The molecular formula is C26H22F3N3O2. The van der Waals surface area contributed by atoms with Crippen molar-refractivity contribution in [3.8, 4) is 22.6 Å². The third-order valence-electron chi connectivity index (χ3n) is 5.18. The minimum Gasteiger partial charge on any atom is -0.406 e. The summed E-state index contributed by atoms with van der Waals surface area (Å²) in [6.45, 7) is 4.26. The minimum atomic E-state index is -4.74. The largest absolute Gasteiger partial charge is 0.573 e. The first-order valence-corrected chi connectivity index (χ1v) is 10.5. The van der Waals surface area contributed by atoms with Gasteiger partial charge in [-0.15, -0.1) is 13.2 Å². The number of nitrogens with one attached hydrogen (secondary N) is 1. The molecule has 0 bridgehead atoms. The predicted octanol–water partition coefficient (Wildman–Crippen LogP) is 5.98. The van der Waals surface area contributed by atoms with Crippen molar-refractivity contribution < 1.29 is 22.7 Å². The van der Waals surface area contributed by atoms with Crippen molar-refractivity contribution >= 4 is 5.91 Å². The van der Waals surface area contributed by atoms with E-state index < -0.39 is 6.36 Å². The molecule has 34 heavy (non-hydrogen) atoms. The number of carbonyl (C=O) groups excluding carboxylic acids is 1. The second-order valence-electron chi connectivity index (χ2n) is 7.95. The zero-order valence-corrected chi connectivity index (χ0v) is 18.6. The molecule has 1 N–H and O–H groups in total. The Morgan fingerprint density at radius 2 is 1.59 bits per heavy atom. The molecule has 4 aromatic rings. The molecular weight excluding hydrogens is 443 g/mol. The first-order valence-electron chi connectivity index (χ1n) is 10.5. The lowest BCUT2D eigenvalue weighted by molar-refractivity contribution is -0.274. The molecule has 0 radical (unpaired) electrons. The van der Waals surface area contributed by atoms with Gasteiger partial charge in [0, 0.05) is 12.2 Å². The maximum absolute atomic E-state index is 12.7. The first-order chi connectivity index (χ1) is 16.2. The van der Waals surface area contributed by atoms with Crippen molar-refractivity contribution in [2.75, 3.05) is 0 Å². The van der Waals surface area contributed by atoms with Crippen molar-refractivity contribution in [3.05, 3.63) is 102 Å². The average molecular weight is 465 g/mol. The molecule has 8 heteroatoms. The number of amides is 1. The monoisotopic (exact) mass is 465 g/mol. The van der Waals surface area contributed by atoms with Crippen LogP contribution in [0.1, 0.15) is 27.2 Å². The van der Waals surface area contributed by atoms with E-state index in [1.54, 1.807) is 10.9 Å². The van der Waals surface area contributed by atoms with E-state index in [4.69, 9.17) is 0 Å². The van der Waals surface area contributed by atoms with Crippen LogP contribution in [-0.4, -0.2) is 21.8 Å². The second kappa shape index (κ2) is 9.43. The van der Waals surface area contributed by atoms with E-state index in [2.05, 4.69) is 47.1 Å². The Kier molecular flexibility index (Phi) is 6.40. The number of hydrogen-bond acceptors (Lipinski definition) is 3. The van der Waals surface area contributed by atoms with Gasteiger partial charge in [-0.05, 0) is 54.8 Å². The van der Waals surface area contributed by atoms with Gasteiger partial charge >= 0.3 is 6.36 Å². The number of rotatable bonds is 6. The lowest BCUT2D eigenvalue weighted by Gasteiger charge is -2.11. The summed E-state index contributed by atoms with van der Waals surface area (Å²) in [5.41, 5.74) is 6.33. The van der Waals surface area contributed by atoms with Crippen LogP contribution in [0.4, 0.5) is 13.2 Å². The Bertz CT molecular complexity index is 1270. The van der Waals surface area contributed by atoms with Gasteiger partial charge in [0.2, 0.25) is 0 Å². The maximum atomic E-state index is 12.7. The van der Waals surface area contributed by atoms with Crippen LogP contribution in [0.2, 0.25) is 0 Å². The number of aryl methyl sites for hydroxylation is 2. The zero-order valence-electron chi connectivity index (χ0n) is 18.6. The SMILES string of the molecule is Cc1cc(C)cc(-c2ccc(-n3cncc3C(=O)NCc3ccc(OC(F)(F)F)cc3)cc2)c1. The topological polar surface area (TPSA) is 56.2 Å². The summed E-state index contributed by atoms with van der Waals surface area (Å²) in [6, 6.07) is 19.5. The quantitative estimate of drug-likeness (QED) is 0.381. The van der Waals surface area contributed by atoms with Crippen molar-refractivity contribution in [2.45, 2.75) is 26.8 Å². The Morgan fingerprint density at radius 3 is 2.21 bits per heavy atom. The van der Waals surface area contributed by atoms with Crippen molar-refractivity contribution in [1.29, 1.82) is 0 Å². The molecule has 3 aromatic carbocycles. The highest BCUT2D eigenvalue weighted by molar-refractivity contribution is 5.93. The molecule has 174 valence electrons. The van der Waals surface area contributed by atoms with Gasteiger partial charge in [0.25, 0.3) is 5.91 Å². The van der Waals surface area contributed by atoms with Gasteiger partial charge in [-0.2, -0.15) is 0 Å². The van der Waals surface area contributed by atoms with Crippen molar-refractivity contribution in [2.24, 2.45) is 0 Å². The Morgan fingerprint density at radius 1 is 0.941 bits per heavy atom. The van der Waals surface area contributed by atoms with E-state index in [1.165, 1.54) is 41.6 Å². The summed E-state index contributed by atoms with van der Waals surface area (Å²) < 4.78 is 42.4. The number of hydrogen-bond donors (Lipinski definition) is 1. The Hall–Kier alpha value is -4.07. The molecule has 1 aromatic heterocycles. The van der Waals surface area contributed by atoms with Gasteiger partial charge in [0.1, 0.15) is 11.4 Å². The molecule has 1 heterocycles. The fourth-order valence-electron chi connectivity index (χ4n) is 3.71. The molecule has 0 spiro atoms. The molecule has 5 nitrogen and oxygen atoms in total. The molecule has 0 atom stereocenters. The van der Waals surface area contributed by atoms with Crippen LogP contribution in [-0.2, 0) is 6.54 Å². The average Bonchev–Trinajstić information content (AvgIpc) is 3.27. The van der Waals surface area contributed by atoms with E-state index in [-0.39, 0.29) is 18.2 Å². The van der Waals surface area contributed by atoms with Crippen molar-refractivity contribution in [1.82, 2.24) is 14.9 Å². The van der Waals surface area contributed by atoms with Gasteiger partial charge in [0.15, 0.2) is 0 Å². The van der Waals surface area contributed by atoms with Crippen LogP contribution >= 0.6 is 0 Å². The number of halogens is 3. The fraction of sp³-hybridized carbons (Fsp3) is 0.154. The Balaban J connectivity index is 1.44. The van der Waals surface area contributed by atoms with Crippen LogP contribution in [0.15, 0.2) is 79.3 Å². The van der Waals surface area contributed by atoms with E-state index in [9.17, 15) is 18.0 Å². The molecule has 0 saturated heterocycles. The third kappa shape index (κ3) is 5.64. The molecule has 0 fully saturated rings. The summed E-state index contributed by atoms with van der Waals surface area (Å²) in [6.07, 6.45) is -1.72. The minimum absolute atomic E-state index is 0.141. The number of nitrogens with zero attached hydrogens (tertiary/aromatic N) is 2. The maximum Gasteiger partial charge on any atom is 0.573 e. The molecule has 4 rings (SSSR count). The number of alkyl halides is 3. The smallest absolute Gasteiger partial charge is 0.406 e.